The number of hydrogen-bond acceptors (Lipinski definition) is 5. The molecule has 1 aliphatic carbocycles. The van der Waals surface area contributed by atoms with Gasteiger partial charge >= 0.3 is 0 Å². The average Bonchev–Trinajstić information content (AvgIpc) is 3.00. The number of methoxy groups -OCH3 is 1. The lowest BCUT2D eigenvalue weighted by Crippen LogP contribution is -2.39. The standard InChI is InChI=1S/C16H24N2O4S.ClH/c1-22-9-10-23(20,21)14-7-5-12(6-8-14)16(19)18-15-4-2-3-13(15)11-17;/h5-8,13,15H,2-4,9-11,17H2,1H3,(H,18,19);1H. The van der Waals surface area contributed by atoms with Gasteiger partial charge in [0.25, 0.3) is 5.91 Å². The molecule has 136 valence electrons. The zero-order valence-electron chi connectivity index (χ0n) is 13.7. The Labute approximate surface area is 149 Å². The molecule has 0 heterocycles. The highest BCUT2D eigenvalue weighted by Gasteiger charge is 2.27. The van der Waals surface area contributed by atoms with Gasteiger partial charge in [-0.05, 0) is 49.6 Å². The molecule has 6 nitrogen and oxygen atoms in total. The van der Waals surface area contributed by atoms with Gasteiger partial charge in [0.05, 0.1) is 17.3 Å². The summed E-state index contributed by atoms with van der Waals surface area (Å²) in [5.41, 5.74) is 6.17. The molecule has 24 heavy (non-hydrogen) atoms. The highest BCUT2D eigenvalue weighted by Crippen LogP contribution is 2.25. The smallest absolute Gasteiger partial charge is 0.251 e. The number of benzene rings is 1. The van der Waals surface area contributed by atoms with E-state index in [4.69, 9.17) is 10.5 Å². The van der Waals surface area contributed by atoms with Crippen molar-refractivity contribution in [2.45, 2.75) is 30.2 Å². The predicted molar refractivity (Wildman–Crippen MR) is 95.3 cm³/mol. The maximum Gasteiger partial charge on any atom is 0.251 e. The van der Waals surface area contributed by atoms with E-state index in [1.165, 1.54) is 19.2 Å². The first-order valence-corrected chi connectivity index (χ1v) is 9.46. The number of carbonyl (C=O) groups is 1. The maximum absolute atomic E-state index is 12.3. The molecule has 0 aliphatic heterocycles. The number of amides is 1. The quantitative estimate of drug-likeness (QED) is 0.749. The van der Waals surface area contributed by atoms with Crippen LogP contribution in [0.4, 0.5) is 0 Å². The van der Waals surface area contributed by atoms with Gasteiger partial charge in [0, 0.05) is 18.7 Å². The second-order valence-corrected chi connectivity index (χ2v) is 7.95. The number of hydrogen-bond donors (Lipinski definition) is 2. The summed E-state index contributed by atoms with van der Waals surface area (Å²) in [5, 5.41) is 3.00. The van der Waals surface area contributed by atoms with E-state index in [2.05, 4.69) is 5.32 Å². The van der Waals surface area contributed by atoms with E-state index in [-0.39, 0.29) is 41.6 Å². The summed E-state index contributed by atoms with van der Waals surface area (Å²) in [6, 6.07) is 6.13. The van der Waals surface area contributed by atoms with Gasteiger partial charge in [-0.2, -0.15) is 0 Å². The zero-order chi connectivity index (χ0) is 16.9. The molecule has 0 saturated heterocycles. The van der Waals surface area contributed by atoms with Crippen molar-refractivity contribution in [1.29, 1.82) is 0 Å². The summed E-state index contributed by atoms with van der Waals surface area (Å²) in [6.07, 6.45) is 3.05. The fraction of sp³-hybridized carbons (Fsp3) is 0.562. The van der Waals surface area contributed by atoms with Gasteiger partial charge in [-0.1, -0.05) is 6.42 Å². The van der Waals surface area contributed by atoms with Crippen molar-refractivity contribution in [2.75, 3.05) is 26.0 Å². The van der Waals surface area contributed by atoms with E-state index in [1.54, 1.807) is 12.1 Å². The molecule has 1 fully saturated rings. The van der Waals surface area contributed by atoms with Crippen molar-refractivity contribution >= 4 is 28.2 Å². The van der Waals surface area contributed by atoms with Crippen LogP contribution in [0.5, 0.6) is 0 Å². The number of sulfone groups is 1. The van der Waals surface area contributed by atoms with Crippen molar-refractivity contribution in [3.8, 4) is 0 Å². The molecule has 2 rings (SSSR count). The summed E-state index contributed by atoms with van der Waals surface area (Å²) < 4.78 is 28.9. The first-order chi connectivity index (χ1) is 11.0. The molecule has 1 aliphatic rings. The lowest BCUT2D eigenvalue weighted by atomic mass is 10.0. The third-order valence-corrected chi connectivity index (χ3v) is 6.00. The summed E-state index contributed by atoms with van der Waals surface area (Å²) in [6.45, 7) is 0.717. The van der Waals surface area contributed by atoms with Gasteiger partial charge in [0.1, 0.15) is 0 Å². The van der Waals surface area contributed by atoms with E-state index < -0.39 is 9.84 Å². The van der Waals surface area contributed by atoms with Crippen LogP contribution >= 0.6 is 12.4 Å². The fourth-order valence-electron chi connectivity index (χ4n) is 2.89. The highest BCUT2D eigenvalue weighted by molar-refractivity contribution is 7.91. The van der Waals surface area contributed by atoms with Crippen molar-refractivity contribution in [3.63, 3.8) is 0 Å². The molecule has 0 aromatic heterocycles. The minimum Gasteiger partial charge on any atom is -0.384 e. The monoisotopic (exact) mass is 376 g/mol. The summed E-state index contributed by atoms with van der Waals surface area (Å²) in [5.74, 6) is 0.0683. The van der Waals surface area contributed by atoms with Gasteiger partial charge < -0.3 is 15.8 Å². The largest absolute Gasteiger partial charge is 0.384 e. The van der Waals surface area contributed by atoms with Crippen LogP contribution in [0.25, 0.3) is 0 Å². The normalized spacial score (nSPS) is 20.4. The SMILES string of the molecule is COCCS(=O)(=O)c1ccc(C(=O)NC2CCCC2CN)cc1.Cl. The van der Waals surface area contributed by atoms with Gasteiger partial charge in [-0.15, -0.1) is 12.4 Å². The summed E-state index contributed by atoms with van der Waals surface area (Å²) >= 11 is 0. The number of ether oxygens (including phenoxy) is 1. The number of rotatable bonds is 7. The molecular weight excluding hydrogens is 352 g/mol. The van der Waals surface area contributed by atoms with Crippen molar-refractivity contribution in [3.05, 3.63) is 29.8 Å². The molecule has 1 amide bonds. The van der Waals surface area contributed by atoms with Crippen molar-refractivity contribution < 1.29 is 17.9 Å². The van der Waals surface area contributed by atoms with Crippen LogP contribution in [-0.2, 0) is 14.6 Å². The van der Waals surface area contributed by atoms with Crippen LogP contribution in [-0.4, -0.2) is 46.4 Å². The molecule has 0 spiro atoms. The Hall–Kier alpha value is -1.15. The van der Waals surface area contributed by atoms with Crippen molar-refractivity contribution in [1.82, 2.24) is 5.32 Å². The Kier molecular flexibility index (Phi) is 8.15. The lowest BCUT2D eigenvalue weighted by Gasteiger charge is -2.19. The third kappa shape index (κ3) is 5.17. The Balaban J connectivity index is 0.00000288. The number of nitrogens with two attached hydrogens (primary N) is 1. The van der Waals surface area contributed by atoms with Gasteiger partial charge in [-0.25, -0.2) is 8.42 Å². The molecule has 1 aromatic rings. The third-order valence-electron chi connectivity index (χ3n) is 4.31. The number of carbonyl (C=O) groups excluding carboxylic acids is 1. The minimum atomic E-state index is -3.37. The highest BCUT2D eigenvalue weighted by atomic mass is 35.5. The van der Waals surface area contributed by atoms with Gasteiger partial charge in [0.15, 0.2) is 9.84 Å². The van der Waals surface area contributed by atoms with Crippen LogP contribution < -0.4 is 11.1 Å². The molecule has 2 atom stereocenters. The van der Waals surface area contributed by atoms with E-state index >= 15 is 0 Å². The van der Waals surface area contributed by atoms with Crippen molar-refractivity contribution in [2.24, 2.45) is 11.7 Å². The Morgan fingerprint density at radius 1 is 1.29 bits per heavy atom. The van der Waals surface area contributed by atoms with Gasteiger partial charge in [0.2, 0.25) is 0 Å². The first kappa shape index (κ1) is 20.9. The van der Waals surface area contributed by atoms with E-state index in [0.29, 0.717) is 18.0 Å². The molecular formula is C16H25ClN2O4S. The van der Waals surface area contributed by atoms with Crippen LogP contribution in [0, 0.1) is 5.92 Å². The summed E-state index contributed by atoms with van der Waals surface area (Å²) in [4.78, 5) is 12.5. The first-order valence-electron chi connectivity index (χ1n) is 7.80. The van der Waals surface area contributed by atoms with Crippen LogP contribution in [0.1, 0.15) is 29.6 Å². The second kappa shape index (κ2) is 9.36. The Morgan fingerprint density at radius 2 is 1.96 bits per heavy atom. The van der Waals surface area contributed by atoms with Crippen LogP contribution in [0.3, 0.4) is 0 Å². The molecule has 8 heteroatoms. The Bertz CT molecular complexity index is 634. The van der Waals surface area contributed by atoms with E-state index in [9.17, 15) is 13.2 Å². The lowest BCUT2D eigenvalue weighted by molar-refractivity contribution is 0.0928. The molecule has 1 aromatic carbocycles. The fourth-order valence-corrected chi connectivity index (χ4v) is 4.06. The molecule has 0 radical (unpaired) electrons. The minimum absolute atomic E-state index is 0. The van der Waals surface area contributed by atoms with E-state index in [0.717, 1.165) is 19.3 Å². The molecule has 1 saturated carbocycles. The Morgan fingerprint density at radius 3 is 2.54 bits per heavy atom. The number of nitrogens with one attached hydrogen (secondary N) is 1. The maximum atomic E-state index is 12.3. The average molecular weight is 377 g/mol. The topological polar surface area (TPSA) is 98.5 Å². The molecule has 0 bridgehead atoms. The molecule has 2 unspecified atom stereocenters. The van der Waals surface area contributed by atoms with Crippen LogP contribution in [0.15, 0.2) is 29.2 Å². The zero-order valence-corrected chi connectivity index (χ0v) is 15.4. The second-order valence-electron chi connectivity index (χ2n) is 5.84. The van der Waals surface area contributed by atoms with E-state index in [1.807, 2.05) is 0 Å². The molecule has 3 N–H and O–H groups in total. The summed E-state index contributed by atoms with van der Waals surface area (Å²) in [7, 11) is -1.91. The number of halogens is 1. The van der Waals surface area contributed by atoms with Gasteiger partial charge in [-0.3, -0.25) is 4.79 Å². The predicted octanol–water partition coefficient (Wildman–Crippen LogP) is 1.39. The van der Waals surface area contributed by atoms with Crippen LogP contribution in [0.2, 0.25) is 0 Å².